The third-order valence-electron chi connectivity index (χ3n) is 16.6. The van der Waals surface area contributed by atoms with Crippen molar-refractivity contribution in [2.45, 2.75) is 376 Å². The van der Waals surface area contributed by atoms with E-state index >= 15 is 0 Å². The van der Waals surface area contributed by atoms with E-state index < -0.39 is 86.8 Å². The van der Waals surface area contributed by atoms with Gasteiger partial charge in [0.25, 0.3) is 0 Å². The van der Waals surface area contributed by atoms with Gasteiger partial charge >= 0.3 is 0 Å². The maximum Gasteiger partial charge on any atom is 0.220 e. The smallest absolute Gasteiger partial charge is 0.220 e. The molecule has 0 aromatic carbocycles. The zero-order valence-electron chi connectivity index (χ0n) is 49.5. The third-order valence-corrected chi connectivity index (χ3v) is 16.6. The molecule has 0 aromatic rings. The van der Waals surface area contributed by atoms with Gasteiger partial charge in [-0.15, -0.1) is 0 Å². The van der Waals surface area contributed by atoms with Crippen LogP contribution in [0.4, 0.5) is 0 Å². The second-order valence-electron chi connectivity index (χ2n) is 23.6. The zero-order valence-corrected chi connectivity index (χ0v) is 49.5. The van der Waals surface area contributed by atoms with Gasteiger partial charge in [-0.05, 0) is 12.8 Å². The predicted molar refractivity (Wildman–Crippen MR) is 309 cm³/mol. The summed E-state index contributed by atoms with van der Waals surface area (Å²) in [6.07, 6.45) is 40.4. The van der Waals surface area contributed by atoms with E-state index in [9.17, 15) is 45.6 Å². The summed E-state index contributed by atoms with van der Waals surface area (Å²) < 4.78 is 22.8. The first-order valence-corrected chi connectivity index (χ1v) is 32.8. The van der Waals surface area contributed by atoms with Crippen molar-refractivity contribution >= 4 is 5.91 Å². The minimum absolute atomic E-state index is 0.203. The Balaban J connectivity index is 1.52. The molecule has 2 aliphatic heterocycles. The van der Waals surface area contributed by atoms with Gasteiger partial charge in [0.15, 0.2) is 12.6 Å². The van der Waals surface area contributed by atoms with Gasteiger partial charge in [-0.3, -0.25) is 4.79 Å². The molecule has 2 heterocycles. The summed E-state index contributed by atoms with van der Waals surface area (Å²) in [5.74, 6) is -0.203. The molecule has 12 unspecified atom stereocenters. The second-order valence-corrected chi connectivity index (χ2v) is 23.6. The van der Waals surface area contributed by atoms with Gasteiger partial charge in [0, 0.05) is 6.42 Å². The van der Waals surface area contributed by atoms with Crippen LogP contribution in [0, 0.1) is 0 Å². The first-order chi connectivity index (χ1) is 37.6. The topological polar surface area (TPSA) is 228 Å². The van der Waals surface area contributed by atoms with E-state index in [0.29, 0.717) is 12.8 Å². The van der Waals surface area contributed by atoms with Crippen LogP contribution in [0.15, 0.2) is 0 Å². The number of carbonyl (C=O) groups excluding carboxylic acids is 1. The lowest BCUT2D eigenvalue weighted by molar-refractivity contribution is -0.359. The maximum atomic E-state index is 13.2. The van der Waals surface area contributed by atoms with Crippen LogP contribution in [0.3, 0.4) is 0 Å². The van der Waals surface area contributed by atoms with Crippen molar-refractivity contribution < 1.29 is 64.6 Å². The molecule has 0 bridgehead atoms. The molecule has 0 aromatic heterocycles. The molecule has 9 N–H and O–H groups in total. The van der Waals surface area contributed by atoms with Crippen LogP contribution in [-0.4, -0.2) is 140 Å². The molecule has 0 aliphatic carbocycles. The average molecular weight is 1100 g/mol. The number of unbranched alkanes of at least 4 members (excludes halogenated alkanes) is 41. The summed E-state index contributed by atoms with van der Waals surface area (Å²) in [4.78, 5) is 13.2. The molecule has 77 heavy (non-hydrogen) atoms. The second kappa shape index (κ2) is 49.6. The van der Waals surface area contributed by atoms with Crippen LogP contribution in [0.5, 0.6) is 0 Å². The van der Waals surface area contributed by atoms with Gasteiger partial charge in [-0.25, -0.2) is 0 Å². The van der Waals surface area contributed by atoms with Crippen LogP contribution >= 0.6 is 0 Å². The number of aliphatic hydroxyl groups excluding tert-OH is 8. The summed E-state index contributed by atoms with van der Waals surface area (Å²) in [6, 6.07) is -0.821. The van der Waals surface area contributed by atoms with Crippen LogP contribution in [-0.2, 0) is 23.7 Å². The standard InChI is InChI=1S/C63H123NO13/c1-3-5-7-9-11-13-14-15-16-17-18-19-20-21-22-23-24-25-26-27-28-29-30-31-32-33-34-35-36-37-38-39-41-43-45-47-55(68)64-51(52(67)46-44-42-40-12-10-8-6-4-2)50-74-62-60(73)58(71)61(54(49-66)76-62)77-63-59(72)57(70)56(69)53(48-65)75-63/h51-54,56-63,65-67,69-73H,3-50H2,1-2H3,(H,64,68). The Kier molecular flexibility index (Phi) is 46.4. The Bertz CT molecular complexity index is 1300. The van der Waals surface area contributed by atoms with Crippen molar-refractivity contribution in [1.82, 2.24) is 5.32 Å². The first kappa shape index (κ1) is 72.1. The number of aliphatic hydroxyl groups is 8. The van der Waals surface area contributed by atoms with E-state index in [1.807, 2.05) is 0 Å². The molecular weight excluding hydrogens is 979 g/mol. The molecule has 14 heteroatoms. The molecule has 458 valence electrons. The summed E-state index contributed by atoms with van der Waals surface area (Å²) in [6.45, 7) is 2.85. The molecule has 2 fully saturated rings. The van der Waals surface area contributed by atoms with Crippen LogP contribution in [0.1, 0.15) is 303 Å². The Morgan fingerprint density at radius 2 is 0.740 bits per heavy atom. The molecular formula is C63H123NO13. The number of hydrogen-bond acceptors (Lipinski definition) is 13. The van der Waals surface area contributed by atoms with Crippen molar-refractivity contribution in [3.63, 3.8) is 0 Å². The van der Waals surface area contributed by atoms with E-state index in [4.69, 9.17) is 18.9 Å². The van der Waals surface area contributed by atoms with Gasteiger partial charge in [-0.2, -0.15) is 0 Å². The van der Waals surface area contributed by atoms with E-state index in [2.05, 4.69) is 19.2 Å². The Morgan fingerprint density at radius 1 is 0.416 bits per heavy atom. The van der Waals surface area contributed by atoms with Gasteiger partial charge in [-0.1, -0.05) is 284 Å². The molecule has 0 saturated carbocycles. The van der Waals surface area contributed by atoms with E-state index in [1.54, 1.807) is 0 Å². The molecule has 0 spiro atoms. The quantitative estimate of drug-likeness (QED) is 0.0259. The van der Waals surface area contributed by atoms with Gasteiger partial charge < -0.3 is 65.1 Å². The van der Waals surface area contributed by atoms with Crippen LogP contribution in [0.25, 0.3) is 0 Å². The minimum Gasteiger partial charge on any atom is -0.394 e. The van der Waals surface area contributed by atoms with Crippen LogP contribution < -0.4 is 5.32 Å². The lowest BCUT2D eigenvalue weighted by atomic mass is 9.97. The fourth-order valence-corrected chi connectivity index (χ4v) is 11.3. The number of nitrogens with one attached hydrogen (secondary N) is 1. The predicted octanol–water partition coefficient (Wildman–Crippen LogP) is 12.1. The fraction of sp³-hybridized carbons (Fsp3) is 0.984. The number of amides is 1. The monoisotopic (exact) mass is 1100 g/mol. The van der Waals surface area contributed by atoms with Gasteiger partial charge in [0.1, 0.15) is 48.8 Å². The maximum absolute atomic E-state index is 13.2. The Morgan fingerprint density at radius 3 is 1.10 bits per heavy atom. The lowest BCUT2D eigenvalue weighted by Crippen LogP contribution is -2.65. The summed E-state index contributed by atoms with van der Waals surface area (Å²) in [7, 11) is 0. The number of ether oxygens (including phenoxy) is 4. The molecule has 12 atom stereocenters. The van der Waals surface area contributed by atoms with Crippen LogP contribution in [0.2, 0.25) is 0 Å². The minimum atomic E-state index is -1.78. The Labute approximate surface area is 470 Å². The fourth-order valence-electron chi connectivity index (χ4n) is 11.3. The van der Waals surface area contributed by atoms with Gasteiger partial charge in [0.2, 0.25) is 5.91 Å². The van der Waals surface area contributed by atoms with Crippen molar-refractivity contribution in [3.8, 4) is 0 Å². The SMILES string of the molecule is CCCCCCCCCCCCCCCCCCCCCCCCCCCCCCCCCCCCCC(=O)NC(COC1OC(CO)C(OC2OC(CO)C(O)C(O)C2O)C(O)C1O)C(O)CCCCCCCCCC. The molecule has 0 radical (unpaired) electrons. The molecule has 2 aliphatic rings. The van der Waals surface area contributed by atoms with E-state index in [1.165, 1.54) is 225 Å². The number of hydrogen-bond donors (Lipinski definition) is 9. The lowest BCUT2D eigenvalue weighted by Gasteiger charge is -2.46. The highest BCUT2D eigenvalue weighted by atomic mass is 16.7. The molecule has 1 amide bonds. The summed E-state index contributed by atoms with van der Waals surface area (Å²) in [5.41, 5.74) is 0. The van der Waals surface area contributed by atoms with Crippen molar-refractivity contribution in [1.29, 1.82) is 0 Å². The average Bonchev–Trinajstić information content (AvgIpc) is 3.44. The highest BCUT2D eigenvalue weighted by Crippen LogP contribution is 2.30. The number of carbonyl (C=O) groups is 1. The molecule has 2 saturated heterocycles. The van der Waals surface area contributed by atoms with Gasteiger partial charge in [0.05, 0.1) is 32.0 Å². The van der Waals surface area contributed by atoms with E-state index in [0.717, 1.165) is 51.4 Å². The van der Waals surface area contributed by atoms with Crippen molar-refractivity contribution in [2.75, 3.05) is 19.8 Å². The third kappa shape index (κ3) is 34.9. The number of rotatable bonds is 54. The summed E-state index contributed by atoms with van der Waals surface area (Å²) >= 11 is 0. The Hall–Kier alpha value is -1.01. The highest BCUT2D eigenvalue weighted by Gasteiger charge is 2.51. The van der Waals surface area contributed by atoms with Crippen molar-refractivity contribution in [2.24, 2.45) is 0 Å². The largest absolute Gasteiger partial charge is 0.394 e. The first-order valence-electron chi connectivity index (χ1n) is 32.8. The molecule has 14 nitrogen and oxygen atoms in total. The normalized spacial score (nSPS) is 24.6. The summed E-state index contributed by atoms with van der Waals surface area (Å²) in [5, 5.41) is 86.9. The van der Waals surface area contributed by atoms with Crippen molar-refractivity contribution in [3.05, 3.63) is 0 Å². The van der Waals surface area contributed by atoms with E-state index in [-0.39, 0.29) is 12.5 Å². The molecule has 2 rings (SSSR count). The highest BCUT2D eigenvalue weighted by molar-refractivity contribution is 5.76. The zero-order chi connectivity index (χ0) is 56.0.